The maximum absolute atomic E-state index is 9.00. The molecule has 2 amide bonds. The molecule has 0 aliphatic carbocycles. The number of nitrogens with two attached hydrogens (primary N) is 3. The summed E-state index contributed by atoms with van der Waals surface area (Å²) in [6.45, 7) is 0. The minimum absolute atomic E-state index is 0. The van der Waals surface area contributed by atoms with E-state index in [1.807, 2.05) is 0 Å². The van der Waals surface area contributed by atoms with Crippen LogP contribution in [0, 0.1) is 0 Å². The molecule has 7 N–H and O–H groups in total. The molecule has 0 unspecified atom stereocenters. The van der Waals surface area contributed by atoms with E-state index in [1.54, 1.807) is 7.05 Å². The third-order valence-electron chi connectivity index (χ3n) is 0.900. The molecule has 0 spiro atoms. The summed E-state index contributed by atoms with van der Waals surface area (Å²) in [7, 11) is 1.71. The Labute approximate surface area is 149 Å². The summed E-state index contributed by atoms with van der Waals surface area (Å²) in [6, 6.07) is -0.833. The number of aromatic hydroxyl groups is 1. The maximum atomic E-state index is 9.00. The second kappa shape index (κ2) is 10.2. The number of rotatable bonds is 0. The van der Waals surface area contributed by atoms with Crippen LogP contribution >= 0.6 is 0 Å². The van der Waals surface area contributed by atoms with Crippen LogP contribution in [0.3, 0.4) is 0 Å². The van der Waals surface area contributed by atoms with Crippen LogP contribution in [0.25, 0.3) is 0 Å². The van der Waals surface area contributed by atoms with Gasteiger partial charge in [0, 0.05) is 7.05 Å². The van der Waals surface area contributed by atoms with Crippen molar-refractivity contribution < 1.29 is 93.7 Å². The van der Waals surface area contributed by atoms with E-state index in [2.05, 4.69) is 16.5 Å². The number of aryl methyl sites for hydroxylation is 1. The molecule has 9 heteroatoms. The third-order valence-corrected chi connectivity index (χ3v) is 0.900. The van der Waals surface area contributed by atoms with Crippen LogP contribution in [-0.4, -0.2) is 20.7 Å². The number of imidazole rings is 1. The first-order valence-electron chi connectivity index (χ1n) is 2.96. The predicted octanol–water partition coefficient (Wildman–Crippen LogP) is -7.04. The van der Waals surface area contributed by atoms with Gasteiger partial charge in [0.2, 0.25) is 11.8 Å². The second-order valence-electron chi connectivity index (χ2n) is 1.97. The van der Waals surface area contributed by atoms with Crippen molar-refractivity contribution in [3.05, 3.63) is 6.20 Å². The largest absolute Gasteiger partial charge is 1.00 e. The van der Waals surface area contributed by atoms with Gasteiger partial charge in [-0.15, -0.1) is 0 Å². The predicted molar refractivity (Wildman–Crippen MR) is 45.3 cm³/mol. The Morgan fingerprint density at radius 3 is 2.07 bits per heavy atom. The number of nitrogen functional groups attached to an aromatic ring is 1. The number of carbonyl (C=O) groups excluding carboxylic acids is 1. The van der Waals surface area contributed by atoms with Gasteiger partial charge >= 0.3 is 87.0 Å². The van der Waals surface area contributed by atoms with Crippen LogP contribution in [0.2, 0.25) is 0 Å². The molecule has 0 bridgehead atoms. The standard InChI is InChI=1S/C4H7N3O.CH4N2O.K.Na.2H/c1-7-2-3(8)6-4(7)5;2-1(3)4;;;;/h2,8H,1H3,(H2,5,6);(H4,2,3,4);;;;/q;;2*+1;2*-1. The van der Waals surface area contributed by atoms with Crippen LogP contribution in [0.4, 0.5) is 10.7 Å². The molecule has 0 radical (unpaired) electrons. The van der Waals surface area contributed by atoms with Gasteiger partial charge in [0.15, 0.2) is 0 Å². The molecule has 1 aromatic heterocycles. The topological polar surface area (TPSA) is 133 Å². The first kappa shape index (κ1) is 20.2. The number of carbonyl (C=O) groups is 1. The van der Waals surface area contributed by atoms with Crippen LogP contribution < -0.4 is 98.1 Å². The van der Waals surface area contributed by atoms with Crippen molar-refractivity contribution in [1.29, 1.82) is 0 Å². The van der Waals surface area contributed by atoms with Gasteiger partial charge in [0.25, 0.3) is 0 Å². The summed E-state index contributed by atoms with van der Waals surface area (Å²) in [4.78, 5) is 12.5. The van der Waals surface area contributed by atoms with E-state index in [4.69, 9.17) is 15.6 Å². The summed E-state index contributed by atoms with van der Waals surface area (Å²) in [6.07, 6.45) is 1.44. The molecule has 7 nitrogen and oxygen atoms in total. The van der Waals surface area contributed by atoms with Crippen LogP contribution in [0.15, 0.2) is 6.20 Å². The molecule has 1 heterocycles. The zero-order valence-electron chi connectivity index (χ0n) is 10.6. The van der Waals surface area contributed by atoms with E-state index in [0.29, 0.717) is 5.95 Å². The molecule has 0 saturated heterocycles. The summed E-state index contributed by atoms with van der Waals surface area (Å²) in [5, 5.41) is 8.62. The van der Waals surface area contributed by atoms with Gasteiger partial charge in [-0.2, -0.15) is 4.98 Å². The maximum Gasteiger partial charge on any atom is 1.00 e. The molecule has 72 valence electrons. The van der Waals surface area contributed by atoms with Gasteiger partial charge in [-0.3, -0.25) is 0 Å². The second-order valence-corrected chi connectivity index (χ2v) is 1.97. The fourth-order valence-corrected chi connectivity index (χ4v) is 0.464. The number of hydrogen-bond donors (Lipinski definition) is 4. The van der Waals surface area contributed by atoms with Crippen LogP contribution in [0.5, 0.6) is 5.88 Å². The fourth-order valence-electron chi connectivity index (χ4n) is 0.464. The summed E-state index contributed by atoms with van der Waals surface area (Å²) in [5.41, 5.74) is 13.7. The SMILES string of the molecule is Cn1cc(O)nc1N.NC(N)=O.[H-].[H-].[K+].[Na+]. The van der Waals surface area contributed by atoms with E-state index < -0.39 is 6.03 Å². The molecule has 0 saturated carbocycles. The smallest absolute Gasteiger partial charge is 1.00 e. The summed E-state index contributed by atoms with van der Waals surface area (Å²) in [5.74, 6) is 0.285. The van der Waals surface area contributed by atoms with Gasteiger partial charge < -0.3 is 29.7 Å². The number of urea groups is 1. The van der Waals surface area contributed by atoms with Crippen molar-refractivity contribution >= 4 is 12.0 Å². The zero-order valence-corrected chi connectivity index (χ0v) is 13.7. The van der Waals surface area contributed by atoms with Crippen molar-refractivity contribution in [3.63, 3.8) is 0 Å². The molecule has 1 aromatic rings. The molecule has 14 heavy (non-hydrogen) atoms. The minimum atomic E-state index is -0.833. The number of aromatic nitrogens is 2. The van der Waals surface area contributed by atoms with Crippen molar-refractivity contribution in [2.75, 3.05) is 5.73 Å². The Morgan fingerprint density at radius 2 is 2.00 bits per heavy atom. The Morgan fingerprint density at radius 1 is 1.64 bits per heavy atom. The van der Waals surface area contributed by atoms with E-state index in [9.17, 15) is 0 Å². The van der Waals surface area contributed by atoms with Gasteiger partial charge in [0.1, 0.15) is 0 Å². The van der Waals surface area contributed by atoms with Gasteiger partial charge in [0.05, 0.1) is 6.20 Å². The summed E-state index contributed by atoms with van der Waals surface area (Å²) < 4.78 is 1.54. The average Bonchev–Trinajstić information content (AvgIpc) is 2.08. The Bertz CT molecular complexity index is 264. The van der Waals surface area contributed by atoms with E-state index in [-0.39, 0.29) is 89.7 Å². The molecule has 1 rings (SSSR count). The molecule has 0 atom stereocenters. The van der Waals surface area contributed by atoms with Crippen molar-refractivity contribution in [2.24, 2.45) is 18.5 Å². The van der Waals surface area contributed by atoms with Gasteiger partial charge in [-0.25, -0.2) is 4.79 Å². The molecule has 0 aromatic carbocycles. The van der Waals surface area contributed by atoms with Crippen LogP contribution in [-0.2, 0) is 7.05 Å². The normalized spacial score (nSPS) is 7.21. The van der Waals surface area contributed by atoms with Gasteiger partial charge in [-0.1, -0.05) is 0 Å². The average molecular weight is 237 g/mol. The van der Waals surface area contributed by atoms with E-state index in [1.165, 1.54) is 10.8 Å². The van der Waals surface area contributed by atoms with E-state index >= 15 is 0 Å². The quantitative estimate of drug-likeness (QED) is 0.334. The molecular weight excluding hydrogens is 224 g/mol. The van der Waals surface area contributed by atoms with E-state index in [0.717, 1.165) is 0 Å². The molecule has 0 fully saturated rings. The summed E-state index contributed by atoms with van der Waals surface area (Å²) >= 11 is 0. The van der Waals surface area contributed by atoms with Crippen LogP contribution in [0.1, 0.15) is 2.85 Å². The first-order chi connectivity index (χ1) is 5.43. The third kappa shape index (κ3) is 10.8. The molecule has 0 aliphatic heterocycles. The Balaban J connectivity index is -0.0000000458. The number of anilines is 1. The number of hydrogen-bond acceptors (Lipinski definition) is 4. The van der Waals surface area contributed by atoms with Gasteiger partial charge in [-0.05, 0) is 0 Å². The number of amides is 2. The van der Waals surface area contributed by atoms with Crippen molar-refractivity contribution in [1.82, 2.24) is 9.55 Å². The van der Waals surface area contributed by atoms with Crippen molar-refractivity contribution in [3.8, 4) is 5.88 Å². The Kier molecular flexibility index (Phi) is 14.8. The minimum Gasteiger partial charge on any atom is -1.00 e. The monoisotopic (exact) mass is 237 g/mol. The van der Waals surface area contributed by atoms with Crippen molar-refractivity contribution in [2.45, 2.75) is 0 Å². The molecule has 0 aliphatic rings. The fraction of sp³-hybridized carbons (Fsp3) is 0.200. The number of primary amides is 2. The first-order valence-corrected chi connectivity index (χ1v) is 2.96. The number of nitrogens with zero attached hydrogens (tertiary/aromatic N) is 2. The zero-order chi connectivity index (χ0) is 9.72. The molecular formula is C5H13KN5NaO2. The Hall–Kier alpha value is 0.716.